The molecular formula is C12H19N3O2. The molecule has 2 heterocycles. The van der Waals surface area contributed by atoms with E-state index in [-0.39, 0.29) is 18.2 Å². The first-order valence-corrected chi connectivity index (χ1v) is 6.21. The molecule has 0 saturated carbocycles. The maximum absolute atomic E-state index is 12.2. The summed E-state index contributed by atoms with van der Waals surface area (Å²) in [4.78, 5) is 18.3. The van der Waals surface area contributed by atoms with Crippen molar-refractivity contribution in [2.45, 2.75) is 38.8 Å². The lowest BCUT2D eigenvalue weighted by molar-refractivity contribution is 0.266. The Bertz CT molecular complexity index is 430. The zero-order valence-electron chi connectivity index (χ0n) is 10.2. The normalized spacial score (nSPS) is 19.9. The van der Waals surface area contributed by atoms with Gasteiger partial charge in [0.2, 0.25) is 0 Å². The second-order valence-corrected chi connectivity index (χ2v) is 4.42. The summed E-state index contributed by atoms with van der Waals surface area (Å²) in [5.74, 6) is 0.484. The molecule has 1 saturated heterocycles. The molecule has 0 spiro atoms. The summed E-state index contributed by atoms with van der Waals surface area (Å²) in [6.45, 7) is 3.65. The largest absolute Gasteiger partial charge is 0.394 e. The van der Waals surface area contributed by atoms with Gasteiger partial charge >= 0.3 is 0 Å². The van der Waals surface area contributed by atoms with Gasteiger partial charge in [-0.15, -0.1) is 0 Å². The van der Waals surface area contributed by atoms with E-state index < -0.39 is 0 Å². The molecule has 1 aromatic rings. The molecule has 1 atom stereocenters. The second kappa shape index (κ2) is 5.31. The van der Waals surface area contributed by atoms with E-state index in [4.69, 9.17) is 0 Å². The average Bonchev–Trinajstić information content (AvgIpc) is 2.80. The van der Waals surface area contributed by atoms with Crippen molar-refractivity contribution in [1.82, 2.24) is 9.55 Å². The van der Waals surface area contributed by atoms with Crippen molar-refractivity contribution >= 4 is 5.82 Å². The number of aliphatic hydroxyl groups excluding tert-OH is 1. The van der Waals surface area contributed by atoms with Crippen molar-refractivity contribution in [3.8, 4) is 0 Å². The summed E-state index contributed by atoms with van der Waals surface area (Å²) in [7, 11) is 0. The van der Waals surface area contributed by atoms with Crippen molar-refractivity contribution in [1.29, 1.82) is 0 Å². The van der Waals surface area contributed by atoms with E-state index >= 15 is 0 Å². The standard InChI is InChI=1S/C12H19N3O2/c1-2-6-14-8-5-13-11(12(14)17)15-7-3-4-10(15)9-16/h5,8,10,16H,2-4,6-7,9H2,1H3. The average molecular weight is 237 g/mol. The lowest BCUT2D eigenvalue weighted by atomic mass is 10.2. The highest BCUT2D eigenvalue weighted by Crippen LogP contribution is 2.20. The maximum Gasteiger partial charge on any atom is 0.293 e. The van der Waals surface area contributed by atoms with E-state index in [0.29, 0.717) is 12.4 Å². The molecule has 2 rings (SSSR count). The smallest absolute Gasteiger partial charge is 0.293 e. The van der Waals surface area contributed by atoms with Gasteiger partial charge in [-0.1, -0.05) is 6.92 Å². The predicted octanol–water partition coefficient (Wildman–Crippen LogP) is 0.614. The second-order valence-electron chi connectivity index (χ2n) is 4.42. The molecule has 0 radical (unpaired) electrons. The highest BCUT2D eigenvalue weighted by atomic mass is 16.3. The van der Waals surface area contributed by atoms with E-state index in [9.17, 15) is 9.90 Å². The van der Waals surface area contributed by atoms with Crippen LogP contribution in [0.5, 0.6) is 0 Å². The minimum absolute atomic E-state index is 0.0466. The monoisotopic (exact) mass is 237 g/mol. The Kier molecular flexibility index (Phi) is 3.78. The molecule has 0 bridgehead atoms. The van der Waals surface area contributed by atoms with E-state index in [1.54, 1.807) is 17.0 Å². The van der Waals surface area contributed by atoms with Gasteiger partial charge in [-0.25, -0.2) is 4.98 Å². The number of nitrogens with zero attached hydrogens (tertiary/aromatic N) is 3. The molecule has 1 aliphatic heterocycles. The third-order valence-corrected chi connectivity index (χ3v) is 3.22. The molecule has 94 valence electrons. The van der Waals surface area contributed by atoms with Crippen LogP contribution in [0.1, 0.15) is 26.2 Å². The number of aromatic nitrogens is 2. The summed E-state index contributed by atoms with van der Waals surface area (Å²) in [6.07, 6.45) is 6.25. The molecule has 1 fully saturated rings. The van der Waals surface area contributed by atoms with E-state index in [1.807, 2.05) is 11.8 Å². The first-order chi connectivity index (χ1) is 8.27. The van der Waals surface area contributed by atoms with E-state index in [0.717, 1.165) is 25.8 Å². The fourth-order valence-corrected chi connectivity index (χ4v) is 2.35. The SMILES string of the molecule is CCCn1ccnc(N2CCCC2CO)c1=O. The van der Waals surface area contributed by atoms with Gasteiger partial charge in [0.25, 0.3) is 5.56 Å². The number of rotatable bonds is 4. The minimum Gasteiger partial charge on any atom is -0.394 e. The maximum atomic E-state index is 12.2. The van der Waals surface area contributed by atoms with Crippen molar-refractivity contribution < 1.29 is 5.11 Å². The minimum atomic E-state index is -0.0466. The molecule has 1 unspecified atom stereocenters. The van der Waals surface area contributed by atoms with Crippen LogP contribution in [0.25, 0.3) is 0 Å². The first-order valence-electron chi connectivity index (χ1n) is 6.21. The quantitative estimate of drug-likeness (QED) is 0.833. The molecular weight excluding hydrogens is 218 g/mol. The highest BCUT2D eigenvalue weighted by molar-refractivity contribution is 5.38. The summed E-state index contributed by atoms with van der Waals surface area (Å²) in [5, 5.41) is 9.28. The van der Waals surface area contributed by atoms with Gasteiger partial charge in [-0.2, -0.15) is 0 Å². The van der Waals surface area contributed by atoms with Crippen LogP contribution in [0, 0.1) is 0 Å². The van der Waals surface area contributed by atoms with Gasteiger partial charge in [0.05, 0.1) is 12.6 Å². The van der Waals surface area contributed by atoms with Crippen LogP contribution < -0.4 is 10.5 Å². The Hall–Kier alpha value is -1.36. The molecule has 0 aromatic carbocycles. The van der Waals surface area contributed by atoms with Crippen LogP contribution in [0.4, 0.5) is 5.82 Å². The number of hydrogen-bond donors (Lipinski definition) is 1. The van der Waals surface area contributed by atoms with Gasteiger partial charge in [0.1, 0.15) is 0 Å². The molecule has 1 aromatic heterocycles. The Morgan fingerprint density at radius 3 is 3.12 bits per heavy atom. The predicted molar refractivity (Wildman–Crippen MR) is 66.2 cm³/mol. The Balaban J connectivity index is 2.32. The van der Waals surface area contributed by atoms with Crippen LogP contribution in [-0.2, 0) is 6.54 Å². The van der Waals surface area contributed by atoms with Gasteiger partial charge in [-0.05, 0) is 19.3 Å². The lowest BCUT2D eigenvalue weighted by Crippen LogP contribution is -2.38. The van der Waals surface area contributed by atoms with Crippen LogP contribution in [0.2, 0.25) is 0 Å². The zero-order chi connectivity index (χ0) is 12.3. The molecule has 1 aliphatic rings. The van der Waals surface area contributed by atoms with Gasteiger partial charge in [-0.3, -0.25) is 4.79 Å². The van der Waals surface area contributed by atoms with E-state index in [2.05, 4.69) is 4.98 Å². The van der Waals surface area contributed by atoms with Gasteiger partial charge in [0.15, 0.2) is 5.82 Å². The van der Waals surface area contributed by atoms with Gasteiger partial charge < -0.3 is 14.6 Å². The number of aliphatic hydroxyl groups is 1. The third kappa shape index (κ3) is 2.34. The van der Waals surface area contributed by atoms with Crippen molar-refractivity contribution in [2.24, 2.45) is 0 Å². The van der Waals surface area contributed by atoms with E-state index in [1.165, 1.54) is 0 Å². The van der Waals surface area contributed by atoms with Gasteiger partial charge in [0, 0.05) is 25.5 Å². The lowest BCUT2D eigenvalue weighted by Gasteiger charge is -2.23. The van der Waals surface area contributed by atoms with Crippen molar-refractivity contribution in [3.63, 3.8) is 0 Å². The summed E-state index contributed by atoms with van der Waals surface area (Å²) in [5.41, 5.74) is -0.0466. The number of hydrogen-bond acceptors (Lipinski definition) is 4. The number of aryl methyl sites for hydroxylation is 1. The zero-order valence-corrected chi connectivity index (χ0v) is 10.2. The van der Waals surface area contributed by atoms with Crippen LogP contribution in [0.3, 0.4) is 0 Å². The molecule has 1 N–H and O–H groups in total. The summed E-state index contributed by atoms with van der Waals surface area (Å²) >= 11 is 0. The van der Waals surface area contributed by atoms with Crippen molar-refractivity contribution in [2.75, 3.05) is 18.1 Å². The topological polar surface area (TPSA) is 58.4 Å². The molecule has 17 heavy (non-hydrogen) atoms. The highest BCUT2D eigenvalue weighted by Gasteiger charge is 2.27. The number of anilines is 1. The Labute approximate surface area is 101 Å². The molecule has 5 heteroatoms. The third-order valence-electron chi connectivity index (χ3n) is 3.22. The summed E-state index contributed by atoms with van der Waals surface area (Å²) in [6, 6.07) is 0.0488. The Morgan fingerprint density at radius 2 is 2.41 bits per heavy atom. The van der Waals surface area contributed by atoms with Crippen molar-refractivity contribution in [3.05, 3.63) is 22.7 Å². The molecule has 5 nitrogen and oxygen atoms in total. The Morgan fingerprint density at radius 1 is 1.59 bits per heavy atom. The fraction of sp³-hybridized carbons (Fsp3) is 0.667. The van der Waals surface area contributed by atoms with Crippen LogP contribution >= 0.6 is 0 Å². The first kappa shape index (κ1) is 12.1. The molecule has 0 aliphatic carbocycles. The summed E-state index contributed by atoms with van der Waals surface area (Å²) < 4.78 is 1.69. The van der Waals surface area contributed by atoms with Crippen LogP contribution in [-0.4, -0.2) is 33.9 Å². The molecule has 0 amide bonds. The van der Waals surface area contributed by atoms with Crippen LogP contribution in [0.15, 0.2) is 17.2 Å². The fourth-order valence-electron chi connectivity index (χ4n) is 2.35.